The Morgan fingerprint density at radius 1 is 1.21 bits per heavy atom. The van der Waals surface area contributed by atoms with Crippen LogP contribution in [0.4, 0.5) is 11.4 Å². The minimum absolute atomic E-state index is 0.0839. The lowest BCUT2D eigenvalue weighted by molar-refractivity contribution is -0.384. The molecule has 2 aromatic rings. The molecule has 1 aliphatic carbocycles. The Morgan fingerprint density at radius 2 is 1.97 bits per heavy atom. The molecule has 1 N–H and O–H groups in total. The highest BCUT2D eigenvalue weighted by Crippen LogP contribution is 2.54. The summed E-state index contributed by atoms with van der Waals surface area (Å²) in [6.07, 6.45) is 5.29. The number of fused-ring (bicyclic) bond motifs is 3. The number of hydrogen-bond donors (Lipinski definition) is 1. The summed E-state index contributed by atoms with van der Waals surface area (Å²) in [4.78, 5) is 11.5. The highest BCUT2D eigenvalue weighted by molar-refractivity contribution is 9.10. The van der Waals surface area contributed by atoms with Crippen LogP contribution in [0.25, 0.3) is 0 Å². The molecule has 3 atom stereocenters. The molecule has 0 radical (unpaired) electrons. The predicted octanol–water partition coefficient (Wildman–Crippen LogP) is 5.82. The summed E-state index contributed by atoms with van der Waals surface area (Å²) in [5, 5.41) is 15.3. The van der Waals surface area contributed by atoms with Crippen LogP contribution in [0.5, 0.6) is 11.5 Å². The molecule has 0 spiro atoms. The van der Waals surface area contributed by atoms with Crippen molar-refractivity contribution >= 4 is 27.3 Å². The first-order chi connectivity index (χ1) is 13.9. The summed E-state index contributed by atoms with van der Waals surface area (Å²) in [7, 11) is 3.21. The highest BCUT2D eigenvalue weighted by Gasteiger charge is 2.42. The van der Waals surface area contributed by atoms with Crippen molar-refractivity contribution in [2.75, 3.05) is 19.5 Å². The van der Waals surface area contributed by atoms with Crippen LogP contribution in [0.3, 0.4) is 0 Å². The average Bonchev–Trinajstić information content (AvgIpc) is 3.18. The smallest absolute Gasteiger partial charge is 0.292 e. The normalized spacial score (nSPS) is 21.9. The lowest BCUT2D eigenvalue weighted by Gasteiger charge is -2.38. The lowest BCUT2D eigenvalue weighted by Crippen LogP contribution is -2.30. The Bertz CT molecular complexity index is 1030. The zero-order valence-electron chi connectivity index (χ0n) is 16.8. The van der Waals surface area contributed by atoms with E-state index < -0.39 is 0 Å². The van der Waals surface area contributed by atoms with Gasteiger partial charge in [-0.15, -0.1) is 0 Å². The van der Waals surface area contributed by atoms with E-state index in [9.17, 15) is 10.1 Å². The maximum atomic E-state index is 11.8. The number of benzene rings is 2. The fraction of sp³-hybridized carbons (Fsp3) is 0.364. The van der Waals surface area contributed by atoms with E-state index >= 15 is 0 Å². The first-order valence-corrected chi connectivity index (χ1v) is 10.3. The van der Waals surface area contributed by atoms with Crippen molar-refractivity contribution in [3.63, 3.8) is 0 Å². The third-order valence-electron chi connectivity index (χ3n) is 6.16. The monoisotopic (exact) mass is 458 g/mol. The van der Waals surface area contributed by atoms with Crippen molar-refractivity contribution < 1.29 is 14.4 Å². The Balaban J connectivity index is 1.90. The number of hydrogen-bond acceptors (Lipinski definition) is 5. The molecule has 152 valence electrons. The van der Waals surface area contributed by atoms with E-state index in [1.165, 1.54) is 0 Å². The third kappa shape index (κ3) is 3.08. The van der Waals surface area contributed by atoms with Crippen molar-refractivity contribution in [2.24, 2.45) is 5.92 Å². The van der Waals surface area contributed by atoms with Crippen molar-refractivity contribution in [2.45, 2.75) is 32.2 Å². The fourth-order valence-corrected chi connectivity index (χ4v) is 5.29. The van der Waals surface area contributed by atoms with E-state index in [4.69, 9.17) is 9.47 Å². The Hall–Kier alpha value is -2.54. The molecule has 0 aromatic heterocycles. The summed E-state index contributed by atoms with van der Waals surface area (Å²) >= 11 is 3.57. The number of halogens is 1. The maximum Gasteiger partial charge on any atom is 0.292 e. The SMILES string of the molecule is COc1cc(C2Nc3c([N+](=O)[O-])cc(C)c(C)c3C3C=CCC32)cc(Br)c1OC. The third-order valence-corrected chi connectivity index (χ3v) is 6.75. The Labute approximate surface area is 178 Å². The lowest BCUT2D eigenvalue weighted by atomic mass is 9.74. The van der Waals surface area contributed by atoms with Crippen LogP contribution < -0.4 is 14.8 Å². The number of aryl methyl sites for hydroxylation is 1. The topological polar surface area (TPSA) is 73.6 Å². The van der Waals surface area contributed by atoms with Gasteiger partial charge in [-0.25, -0.2) is 0 Å². The van der Waals surface area contributed by atoms with Gasteiger partial charge in [0, 0.05) is 12.0 Å². The molecule has 0 bridgehead atoms. The van der Waals surface area contributed by atoms with Gasteiger partial charge in [0.1, 0.15) is 5.69 Å². The minimum atomic E-state index is -0.293. The first kappa shape index (κ1) is 19.8. The standard InChI is InChI=1S/C22H23BrN2O4/c1-11-8-17(25(26)27)21-19(12(11)2)14-6-5-7-15(14)20(24-21)13-9-16(23)22(29-4)18(10-13)28-3/h5-6,8-10,14-15,20,24H,7H2,1-4H3. The molecule has 3 unspecified atom stereocenters. The van der Waals surface area contributed by atoms with Crippen LogP contribution in [-0.4, -0.2) is 19.1 Å². The second-order valence-corrected chi connectivity index (χ2v) is 8.45. The van der Waals surface area contributed by atoms with Gasteiger partial charge in [0.25, 0.3) is 5.69 Å². The van der Waals surface area contributed by atoms with Gasteiger partial charge in [-0.1, -0.05) is 12.2 Å². The van der Waals surface area contributed by atoms with Crippen molar-refractivity contribution in [3.8, 4) is 11.5 Å². The van der Waals surface area contributed by atoms with Gasteiger partial charge in [0.05, 0.1) is 29.7 Å². The van der Waals surface area contributed by atoms with E-state index in [2.05, 4.69) is 40.3 Å². The molecule has 0 saturated heterocycles. The molecule has 6 nitrogen and oxygen atoms in total. The molecule has 29 heavy (non-hydrogen) atoms. The minimum Gasteiger partial charge on any atom is -0.493 e. The summed E-state index contributed by atoms with van der Waals surface area (Å²) in [6, 6.07) is 5.54. The van der Waals surface area contributed by atoms with Crippen LogP contribution in [0.2, 0.25) is 0 Å². The summed E-state index contributed by atoms with van der Waals surface area (Å²) < 4.78 is 11.7. The second kappa shape index (κ2) is 7.37. The number of rotatable bonds is 4. The number of nitro groups is 1. The van der Waals surface area contributed by atoms with Crippen LogP contribution >= 0.6 is 15.9 Å². The van der Waals surface area contributed by atoms with E-state index in [-0.39, 0.29) is 28.5 Å². The van der Waals surface area contributed by atoms with E-state index in [0.717, 1.165) is 33.1 Å². The van der Waals surface area contributed by atoms with Crippen molar-refractivity contribution in [1.82, 2.24) is 0 Å². The predicted molar refractivity (Wildman–Crippen MR) is 116 cm³/mol. The van der Waals surface area contributed by atoms with E-state index in [1.54, 1.807) is 20.3 Å². The van der Waals surface area contributed by atoms with E-state index in [0.29, 0.717) is 17.2 Å². The van der Waals surface area contributed by atoms with Gasteiger partial charge in [0.2, 0.25) is 0 Å². The molecule has 0 fully saturated rings. The molecular weight excluding hydrogens is 436 g/mol. The number of anilines is 1. The Kier molecular flexibility index (Phi) is 5.02. The number of methoxy groups -OCH3 is 2. The van der Waals surface area contributed by atoms with Crippen LogP contribution in [0, 0.1) is 29.9 Å². The molecule has 2 aliphatic rings. The van der Waals surface area contributed by atoms with Gasteiger partial charge in [-0.3, -0.25) is 10.1 Å². The summed E-state index contributed by atoms with van der Waals surface area (Å²) in [5.74, 6) is 1.67. The highest BCUT2D eigenvalue weighted by atomic mass is 79.9. The van der Waals surface area contributed by atoms with Crippen LogP contribution in [-0.2, 0) is 0 Å². The quantitative estimate of drug-likeness (QED) is 0.355. The molecule has 1 aliphatic heterocycles. The maximum absolute atomic E-state index is 11.8. The number of nitro benzene ring substituents is 1. The zero-order chi connectivity index (χ0) is 20.9. The number of allylic oxidation sites excluding steroid dienone is 2. The van der Waals surface area contributed by atoms with Crippen LogP contribution in [0.15, 0.2) is 34.8 Å². The first-order valence-electron chi connectivity index (χ1n) is 9.50. The van der Waals surface area contributed by atoms with Gasteiger partial charge >= 0.3 is 0 Å². The molecule has 4 rings (SSSR count). The van der Waals surface area contributed by atoms with Gasteiger partial charge in [-0.2, -0.15) is 0 Å². The number of nitrogens with zero attached hydrogens (tertiary/aromatic N) is 1. The molecule has 0 amide bonds. The summed E-state index contributed by atoms with van der Waals surface area (Å²) in [6.45, 7) is 3.99. The van der Waals surface area contributed by atoms with Gasteiger partial charge < -0.3 is 14.8 Å². The van der Waals surface area contributed by atoms with Crippen molar-refractivity contribution in [3.05, 3.63) is 67.2 Å². The number of nitrogens with one attached hydrogen (secondary N) is 1. The molecule has 7 heteroatoms. The van der Waals surface area contributed by atoms with Gasteiger partial charge in [0.15, 0.2) is 11.5 Å². The fourth-order valence-electron chi connectivity index (χ4n) is 4.67. The molecule has 2 aromatic carbocycles. The number of ether oxygens (including phenoxy) is 2. The molecule has 0 saturated carbocycles. The van der Waals surface area contributed by atoms with Gasteiger partial charge in [-0.05, 0) is 76.5 Å². The average molecular weight is 459 g/mol. The Morgan fingerprint density at radius 3 is 2.62 bits per heavy atom. The zero-order valence-corrected chi connectivity index (χ0v) is 18.4. The second-order valence-electron chi connectivity index (χ2n) is 7.60. The largest absolute Gasteiger partial charge is 0.493 e. The van der Waals surface area contributed by atoms with Crippen LogP contribution in [0.1, 0.15) is 40.6 Å². The summed E-state index contributed by atoms with van der Waals surface area (Å²) in [5.41, 5.74) is 4.88. The molecule has 1 heterocycles. The van der Waals surface area contributed by atoms with E-state index in [1.807, 2.05) is 19.1 Å². The molecular formula is C22H23BrN2O4. The van der Waals surface area contributed by atoms with Crippen molar-refractivity contribution in [1.29, 1.82) is 0 Å².